The smallest absolute Gasteiger partial charge is 0.0974 e. The van der Waals surface area contributed by atoms with Gasteiger partial charge in [0, 0.05) is 22.2 Å². The zero-order valence-electron chi connectivity index (χ0n) is 17.3. The van der Waals surface area contributed by atoms with E-state index in [0.717, 1.165) is 39.6 Å². The van der Waals surface area contributed by atoms with Crippen LogP contribution in [0.5, 0.6) is 0 Å². The third-order valence-corrected chi connectivity index (χ3v) is 5.11. The Balaban J connectivity index is 1.93. The minimum Gasteiger partial charge on any atom is -0.251 e. The first-order chi connectivity index (χ1) is 14.2. The normalized spacial score (nSPS) is 12.0. The maximum absolute atomic E-state index is 4.89. The number of fused-ring (bicyclic) bond motifs is 3. The van der Waals surface area contributed by atoms with Crippen molar-refractivity contribution >= 4 is 27.9 Å². The van der Waals surface area contributed by atoms with E-state index in [1.54, 1.807) is 0 Å². The Bertz CT molecular complexity index is 1220. The lowest BCUT2D eigenvalue weighted by atomic mass is 9.97. The molecule has 29 heavy (non-hydrogen) atoms. The number of aryl methyl sites for hydroxylation is 2. The van der Waals surface area contributed by atoms with Crippen LogP contribution in [0.25, 0.3) is 39.0 Å². The summed E-state index contributed by atoms with van der Waals surface area (Å²) >= 11 is 0. The van der Waals surface area contributed by atoms with E-state index in [1.165, 1.54) is 23.1 Å². The first kappa shape index (κ1) is 19.1. The second-order valence-corrected chi connectivity index (χ2v) is 7.46. The van der Waals surface area contributed by atoms with Gasteiger partial charge >= 0.3 is 0 Å². The van der Waals surface area contributed by atoms with Gasteiger partial charge in [-0.15, -0.1) is 0 Å². The van der Waals surface area contributed by atoms with Gasteiger partial charge in [-0.1, -0.05) is 80.1 Å². The van der Waals surface area contributed by atoms with Gasteiger partial charge in [-0.3, -0.25) is 9.97 Å². The summed E-state index contributed by atoms with van der Waals surface area (Å²) in [5, 5.41) is 2.28. The largest absolute Gasteiger partial charge is 0.251 e. The van der Waals surface area contributed by atoms with Gasteiger partial charge in [0.05, 0.1) is 11.0 Å². The predicted molar refractivity (Wildman–Crippen MR) is 125 cm³/mol. The molecule has 0 unspecified atom stereocenters. The SMILES string of the molecule is CCC/C=C\C=C\c1cc(C)nc2c1ccc1c(-c3ccccc3)cc(C)nc12. The second-order valence-electron chi connectivity index (χ2n) is 7.46. The second kappa shape index (κ2) is 8.40. The molecule has 0 amide bonds. The molecule has 2 aromatic carbocycles. The van der Waals surface area contributed by atoms with Gasteiger partial charge in [-0.25, -0.2) is 0 Å². The van der Waals surface area contributed by atoms with Crippen molar-refractivity contribution < 1.29 is 0 Å². The fourth-order valence-corrected chi connectivity index (χ4v) is 3.76. The molecule has 2 heterocycles. The Hall–Kier alpha value is -3.26. The van der Waals surface area contributed by atoms with Crippen LogP contribution in [-0.4, -0.2) is 9.97 Å². The maximum Gasteiger partial charge on any atom is 0.0974 e. The van der Waals surface area contributed by atoms with Gasteiger partial charge in [0.15, 0.2) is 0 Å². The van der Waals surface area contributed by atoms with Gasteiger partial charge in [-0.05, 0) is 49.1 Å². The molecule has 144 valence electrons. The highest BCUT2D eigenvalue weighted by molar-refractivity contribution is 6.10. The summed E-state index contributed by atoms with van der Waals surface area (Å²) in [4.78, 5) is 9.78. The van der Waals surface area contributed by atoms with Crippen LogP contribution in [0, 0.1) is 13.8 Å². The first-order valence-corrected chi connectivity index (χ1v) is 10.3. The maximum atomic E-state index is 4.89. The van der Waals surface area contributed by atoms with Gasteiger partial charge in [0.25, 0.3) is 0 Å². The number of aromatic nitrogens is 2. The van der Waals surface area contributed by atoms with Crippen LogP contribution in [0.1, 0.15) is 36.7 Å². The Morgan fingerprint density at radius 1 is 0.793 bits per heavy atom. The summed E-state index contributed by atoms with van der Waals surface area (Å²) in [6.07, 6.45) is 10.9. The van der Waals surface area contributed by atoms with Crippen LogP contribution in [0.3, 0.4) is 0 Å². The molecule has 0 N–H and O–H groups in total. The zero-order valence-corrected chi connectivity index (χ0v) is 17.3. The van der Waals surface area contributed by atoms with Crippen molar-refractivity contribution in [3.05, 3.63) is 89.8 Å². The predicted octanol–water partition coefficient (Wildman–Crippen LogP) is 7.44. The molecular formula is C27H26N2. The van der Waals surface area contributed by atoms with E-state index >= 15 is 0 Å². The third kappa shape index (κ3) is 3.97. The van der Waals surface area contributed by atoms with Crippen LogP contribution >= 0.6 is 0 Å². The Morgan fingerprint density at radius 3 is 2.24 bits per heavy atom. The highest BCUT2D eigenvalue weighted by Crippen LogP contribution is 2.33. The lowest BCUT2D eigenvalue weighted by molar-refractivity contribution is 0.959. The average Bonchev–Trinajstić information content (AvgIpc) is 2.73. The van der Waals surface area contributed by atoms with Crippen molar-refractivity contribution in [1.29, 1.82) is 0 Å². The van der Waals surface area contributed by atoms with Gasteiger partial charge < -0.3 is 0 Å². The van der Waals surface area contributed by atoms with Gasteiger partial charge in [0.1, 0.15) is 0 Å². The molecule has 0 saturated heterocycles. The summed E-state index contributed by atoms with van der Waals surface area (Å²) in [6, 6.07) is 19.2. The van der Waals surface area contributed by atoms with Gasteiger partial charge in [0.2, 0.25) is 0 Å². The van der Waals surface area contributed by atoms with Crippen molar-refractivity contribution in [2.24, 2.45) is 0 Å². The molecule has 2 aromatic heterocycles. The molecule has 0 spiro atoms. The van der Waals surface area contributed by atoms with Crippen LogP contribution in [-0.2, 0) is 0 Å². The van der Waals surface area contributed by atoms with Crippen molar-refractivity contribution in [3.63, 3.8) is 0 Å². The minimum atomic E-state index is 0.973. The number of nitrogens with zero attached hydrogens (tertiary/aromatic N) is 2. The van der Waals surface area contributed by atoms with Crippen LogP contribution < -0.4 is 0 Å². The van der Waals surface area contributed by atoms with Crippen molar-refractivity contribution in [2.45, 2.75) is 33.6 Å². The molecule has 4 rings (SSSR count). The summed E-state index contributed by atoms with van der Waals surface area (Å²) in [7, 11) is 0. The van der Waals surface area contributed by atoms with Crippen molar-refractivity contribution in [2.75, 3.05) is 0 Å². The number of unbranched alkanes of at least 4 members (excludes halogenated alkanes) is 1. The number of benzene rings is 2. The molecule has 0 radical (unpaired) electrons. The Labute approximate surface area is 172 Å². The fourth-order valence-electron chi connectivity index (χ4n) is 3.76. The lowest BCUT2D eigenvalue weighted by Gasteiger charge is -2.12. The summed E-state index contributed by atoms with van der Waals surface area (Å²) in [5.41, 5.74) is 7.55. The van der Waals surface area contributed by atoms with E-state index < -0.39 is 0 Å². The molecule has 0 bridgehead atoms. The van der Waals surface area contributed by atoms with E-state index in [2.05, 4.69) is 93.6 Å². The molecular weight excluding hydrogens is 352 g/mol. The topological polar surface area (TPSA) is 25.8 Å². The van der Waals surface area contributed by atoms with E-state index in [9.17, 15) is 0 Å². The first-order valence-electron chi connectivity index (χ1n) is 10.3. The van der Waals surface area contributed by atoms with Crippen molar-refractivity contribution in [1.82, 2.24) is 9.97 Å². The highest BCUT2D eigenvalue weighted by Gasteiger charge is 2.12. The lowest BCUT2D eigenvalue weighted by Crippen LogP contribution is -1.94. The van der Waals surface area contributed by atoms with Crippen LogP contribution in [0.15, 0.2) is 72.8 Å². The monoisotopic (exact) mass is 378 g/mol. The standard InChI is InChI=1S/C27H26N2/c1-4-5-6-7-9-14-22-17-19(2)28-26-23(22)15-16-24-25(18-20(3)29-27(24)26)21-12-10-8-11-13-21/h6-18H,4-5H2,1-3H3/b7-6-,14-9+. The minimum absolute atomic E-state index is 0.973. The summed E-state index contributed by atoms with van der Waals surface area (Å²) in [6.45, 7) is 6.30. The molecule has 0 atom stereocenters. The van der Waals surface area contributed by atoms with E-state index in [1.807, 2.05) is 6.07 Å². The van der Waals surface area contributed by atoms with E-state index in [0.29, 0.717) is 0 Å². The number of hydrogen-bond acceptors (Lipinski definition) is 2. The molecule has 0 fully saturated rings. The number of pyridine rings is 2. The molecule has 2 heteroatoms. The quantitative estimate of drug-likeness (QED) is 0.266. The Morgan fingerprint density at radius 2 is 1.48 bits per heavy atom. The van der Waals surface area contributed by atoms with Crippen LogP contribution in [0.2, 0.25) is 0 Å². The number of hydrogen-bond donors (Lipinski definition) is 0. The van der Waals surface area contributed by atoms with E-state index in [-0.39, 0.29) is 0 Å². The Kier molecular flexibility index (Phi) is 5.53. The molecule has 0 aliphatic carbocycles. The molecule has 0 aliphatic heterocycles. The highest BCUT2D eigenvalue weighted by atomic mass is 14.8. The average molecular weight is 379 g/mol. The summed E-state index contributed by atoms with van der Waals surface area (Å²) < 4.78 is 0. The number of allylic oxidation sites excluding steroid dienone is 3. The molecule has 0 saturated carbocycles. The van der Waals surface area contributed by atoms with Crippen LogP contribution in [0.4, 0.5) is 0 Å². The molecule has 4 aromatic rings. The van der Waals surface area contributed by atoms with Gasteiger partial charge in [-0.2, -0.15) is 0 Å². The zero-order chi connectivity index (χ0) is 20.2. The number of rotatable bonds is 5. The van der Waals surface area contributed by atoms with E-state index in [4.69, 9.17) is 9.97 Å². The third-order valence-electron chi connectivity index (χ3n) is 5.11. The molecule has 0 aliphatic rings. The molecule has 2 nitrogen and oxygen atoms in total. The summed E-state index contributed by atoms with van der Waals surface area (Å²) in [5.74, 6) is 0. The van der Waals surface area contributed by atoms with Crippen molar-refractivity contribution in [3.8, 4) is 11.1 Å². The fraction of sp³-hybridized carbons (Fsp3) is 0.185.